The molecule has 104 valence electrons. The summed E-state index contributed by atoms with van der Waals surface area (Å²) < 4.78 is 9.84. The average Bonchev–Trinajstić information content (AvgIpc) is 2.21. The second-order valence-electron chi connectivity index (χ2n) is 4.74. The molecule has 0 amide bonds. The Balaban J connectivity index is 4.08. The fourth-order valence-electron chi connectivity index (χ4n) is 1.14. The molecule has 0 aliphatic heterocycles. The summed E-state index contributed by atoms with van der Waals surface area (Å²) in [5, 5.41) is 9.01. The van der Waals surface area contributed by atoms with Crippen LogP contribution in [0.5, 0.6) is 0 Å². The first-order valence-electron chi connectivity index (χ1n) is 5.97. The Morgan fingerprint density at radius 2 is 1.89 bits per heavy atom. The summed E-state index contributed by atoms with van der Waals surface area (Å²) in [6, 6.07) is 0. The van der Waals surface area contributed by atoms with Crippen LogP contribution in [0.1, 0.15) is 34.1 Å². The zero-order valence-corrected chi connectivity index (χ0v) is 11.4. The van der Waals surface area contributed by atoms with Crippen LogP contribution < -0.4 is 0 Å². The number of rotatable bonds is 7. The SMILES string of the molecule is CC(C)=CC(=O)O[C@@H](CO)COC(=O)CC(C)C. The molecule has 5 nitrogen and oxygen atoms in total. The molecule has 1 N–H and O–H groups in total. The molecule has 0 saturated heterocycles. The van der Waals surface area contributed by atoms with E-state index >= 15 is 0 Å². The third-order valence-electron chi connectivity index (χ3n) is 1.90. The van der Waals surface area contributed by atoms with Crippen LogP contribution in [0.25, 0.3) is 0 Å². The molecule has 0 rings (SSSR count). The average molecular weight is 258 g/mol. The molecule has 1 atom stereocenters. The minimum Gasteiger partial charge on any atom is -0.462 e. The van der Waals surface area contributed by atoms with Crippen molar-refractivity contribution in [1.82, 2.24) is 0 Å². The van der Waals surface area contributed by atoms with Crippen LogP contribution in [0, 0.1) is 5.92 Å². The van der Waals surface area contributed by atoms with Gasteiger partial charge in [0.05, 0.1) is 6.61 Å². The summed E-state index contributed by atoms with van der Waals surface area (Å²) in [6.45, 7) is 6.83. The summed E-state index contributed by atoms with van der Waals surface area (Å²) in [5.74, 6) is -0.700. The standard InChI is InChI=1S/C13H22O5/c1-9(2)5-12(15)17-8-11(7-14)18-13(16)6-10(3)4/h6,9,11,14H,5,7-8H2,1-4H3/t11-/m0/s1. The van der Waals surface area contributed by atoms with E-state index in [9.17, 15) is 9.59 Å². The maximum atomic E-state index is 11.3. The van der Waals surface area contributed by atoms with E-state index in [1.165, 1.54) is 6.08 Å². The van der Waals surface area contributed by atoms with Crippen LogP contribution in [0.4, 0.5) is 0 Å². The van der Waals surface area contributed by atoms with Gasteiger partial charge in [-0.25, -0.2) is 4.79 Å². The second kappa shape index (κ2) is 8.69. The maximum absolute atomic E-state index is 11.3. The number of aliphatic hydroxyl groups excluding tert-OH is 1. The summed E-state index contributed by atoms with van der Waals surface area (Å²) >= 11 is 0. The van der Waals surface area contributed by atoms with E-state index in [1.54, 1.807) is 13.8 Å². The van der Waals surface area contributed by atoms with Gasteiger partial charge in [-0.05, 0) is 19.8 Å². The predicted molar refractivity (Wildman–Crippen MR) is 66.8 cm³/mol. The van der Waals surface area contributed by atoms with Gasteiger partial charge >= 0.3 is 11.9 Å². The van der Waals surface area contributed by atoms with Gasteiger partial charge in [0.2, 0.25) is 0 Å². The lowest BCUT2D eigenvalue weighted by atomic mass is 10.1. The highest BCUT2D eigenvalue weighted by molar-refractivity contribution is 5.82. The number of esters is 2. The molecule has 0 saturated carbocycles. The lowest BCUT2D eigenvalue weighted by Crippen LogP contribution is -2.28. The minimum absolute atomic E-state index is 0.121. The van der Waals surface area contributed by atoms with E-state index in [-0.39, 0.29) is 25.1 Å². The van der Waals surface area contributed by atoms with Crippen molar-refractivity contribution in [3.8, 4) is 0 Å². The molecule has 0 unspecified atom stereocenters. The van der Waals surface area contributed by atoms with Crippen LogP contribution in [0.2, 0.25) is 0 Å². The Morgan fingerprint density at radius 3 is 2.33 bits per heavy atom. The molecule has 0 radical (unpaired) electrons. The predicted octanol–water partition coefficient (Wildman–Crippen LogP) is 1.45. The lowest BCUT2D eigenvalue weighted by molar-refractivity contribution is -0.158. The molecule has 0 fully saturated rings. The monoisotopic (exact) mass is 258 g/mol. The van der Waals surface area contributed by atoms with Crippen LogP contribution in [-0.2, 0) is 19.1 Å². The number of carbonyl (C=O) groups is 2. The number of hydrogen-bond acceptors (Lipinski definition) is 5. The van der Waals surface area contributed by atoms with Gasteiger partial charge < -0.3 is 14.6 Å². The molecule has 0 aromatic heterocycles. The molecule has 18 heavy (non-hydrogen) atoms. The van der Waals surface area contributed by atoms with Crippen molar-refractivity contribution in [3.05, 3.63) is 11.6 Å². The Hall–Kier alpha value is -1.36. The normalized spacial score (nSPS) is 11.9. The lowest BCUT2D eigenvalue weighted by Gasteiger charge is -2.15. The summed E-state index contributed by atoms with van der Waals surface area (Å²) in [7, 11) is 0. The van der Waals surface area contributed by atoms with Gasteiger partial charge in [-0.1, -0.05) is 19.4 Å². The largest absolute Gasteiger partial charge is 0.462 e. The van der Waals surface area contributed by atoms with E-state index in [0.29, 0.717) is 6.42 Å². The first-order chi connectivity index (χ1) is 8.35. The number of hydrogen-bond donors (Lipinski definition) is 1. The van der Waals surface area contributed by atoms with E-state index in [1.807, 2.05) is 13.8 Å². The number of ether oxygens (including phenoxy) is 2. The van der Waals surface area contributed by atoms with Crippen LogP contribution in [0.15, 0.2) is 11.6 Å². The van der Waals surface area contributed by atoms with E-state index in [4.69, 9.17) is 14.6 Å². The number of carbonyl (C=O) groups excluding carboxylic acids is 2. The van der Waals surface area contributed by atoms with Crippen molar-refractivity contribution in [1.29, 1.82) is 0 Å². The molecule has 5 heteroatoms. The Kier molecular flexibility index (Phi) is 8.03. The zero-order chi connectivity index (χ0) is 14.1. The van der Waals surface area contributed by atoms with Crippen molar-refractivity contribution in [2.24, 2.45) is 5.92 Å². The molecule has 0 bridgehead atoms. The summed E-state index contributed by atoms with van der Waals surface area (Å²) in [6.07, 6.45) is 0.808. The smallest absolute Gasteiger partial charge is 0.331 e. The summed E-state index contributed by atoms with van der Waals surface area (Å²) in [4.78, 5) is 22.6. The molecule has 0 spiro atoms. The Labute approximate surface area is 108 Å². The van der Waals surface area contributed by atoms with Crippen molar-refractivity contribution in [2.75, 3.05) is 13.2 Å². The van der Waals surface area contributed by atoms with Gasteiger partial charge in [-0.15, -0.1) is 0 Å². The zero-order valence-electron chi connectivity index (χ0n) is 11.4. The van der Waals surface area contributed by atoms with E-state index in [2.05, 4.69) is 0 Å². The Bertz CT molecular complexity index is 303. The molecule has 0 aliphatic rings. The van der Waals surface area contributed by atoms with Gasteiger partial charge in [-0.2, -0.15) is 0 Å². The molecular weight excluding hydrogens is 236 g/mol. The van der Waals surface area contributed by atoms with Crippen molar-refractivity contribution < 1.29 is 24.2 Å². The maximum Gasteiger partial charge on any atom is 0.331 e. The molecular formula is C13H22O5. The highest BCUT2D eigenvalue weighted by atomic mass is 16.6. The van der Waals surface area contributed by atoms with Crippen molar-refractivity contribution in [3.63, 3.8) is 0 Å². The van der Waals surface area contributed by atoms with Gasteiger partial charge in [-0.3, -0.25) is 4.79 Å². The molecule has 0 heterocycles. The topological polar surface area (TPSA) is 72.8 Å². The van der Waals surface area contributed by atoms with Gasteiger partial charge in [0.25, 0.3) is 0 Å². The molecule has 0 aliphatic carbocycles. The van der Waals surface area contributed by atoms with Crippen molar-refractivity contribution in [2.45, 2.75) is 40.2 Å². The van der Waals surface area contributed by atoms with Crippen LogP contribution in [0.3, 0.4) is 0 Å². The third kappa shape index (κ3) is 8.75. The van der Waals surface area contributed by atoms with Gasteiger partial charge in [0.15, 0.2) is 6.10 Å². The van der Waals surface area contributed by atoms with E-state index in [0.717, 1.165) is 5.57 Å². The molecule has 0 aromatic rings. The fraction of sp³-hybridized carbons (Fsp3) is 0.692. The minimum atomic E-state index is -0.816. The quantitative estimate of drug-likeness (QED) is 0.552. The third-order valence-corrected chi connectivity index (χ3v) is 1.90. The van der Waals surface area contributed by atoms with Crippen molar-refractivity contribution >= 4 is 11.9 Å². The number of aliphatic hydroxyl groups is 1. The highest BCUT2D eigenvalue weighted by Gasteiger charge is 2.15. The van der Waals surface area contributed by atoms with Crippen LogP contribution in [-0.4, -0.2) is 36.4 Å². The summed E-state index contributed by atoms with van der Waals surface area (Å²) in [5.41, 5.74) is 0.800. The second-order valence-corrected chi connectivity index (χ2v) is 4.74. The van der Waals surface area contributed by atoms with E-state index < -0.39 is 12.1 Å². The van der Waals surface area contributed by atoms with Gasteiger partial charge in [0, 0.05) is 12.5 Å². The first-order valence-corrected chi connectivity index (χ1v) is 5.97. The molecule has 0 aromatic carbocycles. The van der Waals surface area contributed by atoms with Crippen LogP contribution >= 0.6 is 0 Å². The fourth-order valence-corrected chi connectivity index (χ4v) is 1.14. The Morgan fingerprint density at radius 1 is 1.28 bits per heavy atom. The first kappa shape index (κ1) is 16.6. The van der Waals surface area contributed by atoms with Gasteiger partial charge in [0.1, 0.15) is 6.61 Å². The number of allylic oxidation sites excluding steroid dienone is 1. The highest BCUT2D eigenvalue weighted by Crippen LogP contribution is 2.03.